The number of benzene rings is 3. The summed E-state index contributed by atoms with van der Waals surface area (Å²) in [7, 11) is 1.60. The summed E-state index contributed by atoms with van der Waals surface area (Å²) in [4.78, 5) is 22.7. The molecule has 0 unspecified atom stereocenters. The molecule has 0 saturated heterocycles. The number of aryl methyl sites for hydroxylation is 1. The number of hydrogen-bond acceptors (Lipinski definition) is 7. The van der Waals surface area contributed by atoms with Gasteiger partial charge in [0.2, 0.25) is 11.7 Å². The summed E-state index contributed by atoms with van der Waals surface area (Å²) in [6.45, 7) is 1.98. The average Bonchev–Trinajstić information content (AvgIpc) is 3.32. The van der Waals surface area contributed by atoms with Gasteiger partial charge in [-0.3, -0.25) is 9.36 Å². The minimum atomic E-state index is -0.113. The molecule has 8 heteroatoms. The largest absolute Gasteiger partial charge is 0.496 e. The molecule has 2 aromatic heterocycles. The smallest absolute Gasteiger partial charge is 0.266 e. The van der Waals surface area contributed by atoms with Crippen molar-refractivity contribution >= 4 is 22.7 Å². The number of nitrogens with zero attached hydrogens (tertiary/aromatic N) is 4. The first-order chi connectivity index (χ1) is 16.2. The molecule has 7 nitrogen and oxygen atoms in total. The minimum Gasteiger partial charge on any atom is -0.496 e. The lowest BCUT2D eigenvalue weighted by molar-refractivity contribution is 0.390. The first kappa shape index (κ1) is 21.0. The highest BCUT2D eigenvalue weighted by molar-refractivity contribution is 7.98. The van der Waals surface area contributed by atoms with Gasteiger partial charge in [0.25, 0.3) is 5.56 Å². The number of hydrogen-bond donors (Lipinski definition) is 0. The zero-order chi connectivity index (χ0) is 22.8. The van der Waals surface area contributed by atoms with E-state index >= 15 is 0 Å². The number of thioether (sulfide) groups is 1. The number of methoxy groups -OCH3 is 1. The molecule has 0 spiro atoms. The van der Waals surface area contributed by atoms with Gasteiger partial charge in [0.15, 0.2) is 5.16 Å². The highest BCUT2D eigenvalue weighted by atomic mass is 32.2. The highest BCUT2D eigenvalue weighted by Gasteiger charge is 2.17. The first-order valence-electron chi connectivity index (χ1n) is 10.3. The van der Waals surface area contributed by atoms with E-state index in [1.807, 2.05) is 73.7 Å². The summed E-state index contributed by atoms with van der Waals surface area (Å²) in [5.74, 6) is 1.91. The predicted molar refractivity (Wildman–Crippen MR) is 128 cm³/mol. The third-order valence-electron chi connectivity index (χ3n) is 5.24. The Hall–Kier alpha value is -3.91. The maximum absolute atomic E-state index is 13.4. The zero-order valence-corrected chi connectivity index (χ0v) is 18.9. The van der Waals surface area contributed by atoms with Crippen LogP contribution in [0, 0.1) is 6.92 Å². The Bertz CT molecular complexity index is 1510. The topological polar surface area (TPSA) is 83.0 Å². The molecule has 0 aliphatic rings. The molecule has 0 fully saturated rings. The summed E-state index contributed by atoms with van der Waals surface area (Å²) in [5, 5.41) is 5.23. The Kier molecular flexibility index (Phi) is 5.66. The second kappa shape index (κ2) is 8.91. The van der Waals surface area contributed by atoms with Crippen LogP contribution < -0.4 is 10.3 Å². The van der Waals surface area contributed by atoms with Crippen LogP contribution in [0.2, 0.25) is 0 Å². The number of rotatable bonds is 6. The predicted octanol–water partition coefficient (Wildman–Crippen LogP) is 5.05. The molecule has 33 heavy (non-hydrogen) atoms. The fraction of sp³-hybridized carbons (Fsp3) is 0.120. The van der Waals surface area contributed by atoms with Crippen LogP contribution >= 0.6 is 11.8 Å². The molecule has 2 heterocycles. The molecule has 0 radical (unpaired) electrons. The Balaban J connectivity index is 1.52. The fourth-order valence-corrected chi connectivity index (χ4v) is 4.46. The van der Waals surface area contributed by atoms with Crippen molar-refractivity contribution in [3.8, 4) is 22.8 Å². The second-order valence-electron chi connectivity index (χ2n) is 7.34. The van der Waals surface area contributed by atoms with Crippen molar-refractivity contribution < 1.29 is 9.26 Å². The maximum atomic E-state index is 13.4. The fourth-order valence-electron chi connectivity index (χ4n) is 3.61. The van der Waals surface area contributed by atoms with Crippen LogP contribution in [0.1, 0.15) is 11.5 Å². The van der Waals surface area contributed by atoms with E-state index in [4.69, 9.17) is 14.2 Å². The number of para-hydroxylation sites is 3. The van der Waals surface area contributed by atoms with Crippen LogP contribution in [0.15, 0.2) is 87.3 Å². The summed E-state index contributed by atoms with van der Waals surface area (Å²) >= 11 is 1.38. The Morgan fingerprint density at radius 3 is 2.58 bits per heavy atom. The van der Waals surface area contributed by atoms with Gasteiger partial charge in [0, 0.05) is 0 Å². The van der Waals surface area contributed by atoms with Gasteiger partial charge >= 0.3 is 0 Å². The molecule has 0 atom stereocenters. The maximum Gasteiger partial charge on any atom is 0.266 e. The molecule has 0 aliphatic heterocycles. The lowest BCUT2D eigenvalue weighted by atomic mass is 10.2. The molecule has 0 aliphatic carbocycles. The van der Waals surface area contributed by atoms with E-state index in [2.05, 4.69) is 10.1 Å². The van der Waals surface area contributed by atoms with E-state index in [-0.39, 0.29) is 5.56 Å². The normalized spacial score (nSPS) is 11.1. The number of fused-ring (bicyclic) bond motifs is 1. The molecule has 5 aromatic rings. The van der Waals surface area contributed by atoms with Crippen molar-refractivity contribution in [2.45, 2.75) is 17.8 Å². The average molecular weight is 457 g/mol. The standard InChI is InChI=1S/C25H20N4O3S/c1-16-9-3-7-13-20(16)29-24(30)17-10-4-6-12-19(17)26-25(29)33-15-22-27-23(28-32-22)18-11-5-8-14-21(18)31-2/h3-14H,15H2,1-2H3. The molecule has 0 bridgehead atoms. The van der Waals surface area contributed by atoms with Crippen molar-refractivity contribution in [2.75, 3.05) is 7.11 Å². The van der Waals surface area contributed by atoms with E-state index < -0.39 is 0 Å². The molecule has 0 saturated carbocycles. The summed E-state index contributed by atoms with van der Waals surface area (Å²) in [5.41, 5.74) is 3.06. The molecule has 5 rings (SSSR count). The SMILES string of the molecule is COc1ccccc1-c1noc(CSc2nc3ccccc3c(=O)n2-c2ccccc2C)n1. The van der Waals surface area contributed by atoms with Crippen LogP contribution in [0.4, 0.5) is 0 Å². The van der Waals surface area contributed by atoms with Gasteiger partial charge in [0.05, 0.1) is 35.0 Å². The van der Waals surface area contributed by atoms with Crippen molar-refractivity contribution in [1.29, 1.82) is 0 Å². The van der Waals surface area contributed by atoms with Crippen molar-refractivity contribution in [3.05, 3.63) is 94.6 Å². The Labute approximate surface area is 194 Å². The van der Waals surface area contributed by atoms with Crippen molar-refractivity contribution in [2.24, 2.45) is 0 Å². The molecular formula is C25H20N4O3S. The van der Waals surface area contributed by atoms with Gasteiger partial charge in [-0.25, -0.2) is 4.98 Å². The molecule has 0 amide bonds. The second-order valence-corrected chi connectivity index (χ2v) is 8.28. The minimum absolute atomic E-state index is 0.113. The third-order valence-corrected chi connectivity index (χ3v) is 6.17. The first-order valence-corrected chi connectivity index (χ1v) is 11.3. The lowest BCUT2D eigenvalue weighted by Gasteiger charge is -2.14. The van der Waals surface area contributed by atoms with E-state index in [0.29, 0.717) is 39.3 Å². The molecule has 3 aromatic carbocycles. The Morgan fingerprint density at radius 1 is 0.970 bits per heavy atom. The van der Waals surface area contributed by atoms with E-state index in [9.17, 15) is 4.79 Å². The monoisotopic (exact) mass is 456 g/mol. The molecule has 0 N–H and O–H groups in total. The van der Waals surface area contributed by atoms with Gasteiger partial charge in [-0.05, 0) is 42.8 Å². The van der Waals surface area contributed by atoms with Crippen LogP contribution in [-0.4, -0.2) is 26.8 Å². The van der Waals surface area contributed by atoms with Gasteiger partial charge in [-0.1, -0.05) is 59.4 Å². The van der Waals surface area contributed by atoms with Gasteiger partial charge in [-0.2, -0.15) is 4.98 Å². The molecular weight excluding hydrogens is 436 g/mol. The summed E-state index contributed by atoms with van der Waals surface area (Å²) < 4.78 is 12.5. The van der Waals surface area contributed by atoms with Gasteiger partial charge in [0.1, 0.15) is 5.75 Å². The zero-order valence-electron chi connectivity index (χ0n) is 18.1. The van der Waals surface area contributed by atoms with Crippen LogP contribution in [0.25, 0.3) is 28.0 Å². The van der Waals surface area contributed by atoms with Crippen molar-refractivity contribution in [1.82, 2.24) is 19.7 Å². The summed E-state index contributed by atoms with van der Waals surface area (Å²) in [6.07, 6.45) is 0. The van der Waals surface area contributed by atoms with Crippen LogP contribution in [0.3, 0.4) is 0 Å². The lowest BCUT2D eigenvalue weighted by Crippen LogP contribution is -2.22. The van der Waals surface area contributed by atoms with Crippen LogP contribution in [-0.2, 0) is 5.75 Å². The quantitative estimate of drug-likeness (QED) is 0.261. The van der Waals surface area contributed by atoms with Crippen molar-refractivity contribution in [3.63, 3.8) is 0 Å². The van der Waals surface area contributed by atoms with E-state index in [1.54, 1.807) is 17.7 Å². The number of aromatic nitrogens is 4. The summed E-state index contributed by atoms with van der Waals surface area (Å²) in [6, 6.07) is 22.6. The van der Waals surface area contributed by atoms with E-state index in [0.717, 1.165) is 16.8 Å². The highest BCUT2D eigenvalue weighted by Crippen LogP contribution is 2.29. The van der Waals surface area contributed by atoms with E-state index in [1.165, 1.54) is 11.8 Å². The molecule has 164 valence electrons. The third kappa shape index (κ3) is 4.01. The Morgan fingerprint density at radius 2 is 1.73 bits per heavy atom. The van der Waals surface area contributed by atoms with Gasteiger partial charge < -0.3 is 9.26 Å². The van der Waals surface area contributed by atoms with Gasteiger partial charge in [-0.15, -0.1) is 0 Å². The van der Waals surface area contributed by atoms with Crippen LogP contribution in [0.5, 0.6) is 5.75 Å². The number of ether oxygens (including phenoxy) is 1.